The van der Waals surface area contributed by atoms with Gasteiger partial charge in [-0.25, -0.2) is 33.3 Å². The smallest absolute Gasteiger partial charge is 0.435 e. The minimum absolute atomic E-state index is 0. The molecule has 0 bridgehead atoms. The molecular weight excluding hydrogens is 1560 g/mol. The first kappa shape index (κ1) is 114. The van der Waals surface area contributed by atoms with Crippen molar-refractivity contribution in [3.8, 4) is 0 Å². The SMILES string of the molecule is C.C.C.CC(C)[Si](C(C)C)(C(C)C)n1ccc2ccc(F)cc21.CC(C)[Si](C(C)C)(C(C)C)n1ccc2ccc(F)cc21.CC(C)[Si](Cl)(C(C)C)C(C)C.CCOC(=O)OCC.CCc1cc2ccn([Si](C(C)C)(C(C)C)C(C)C)c2cc1F.Fc1ccc2cc[nH]c2c1.O=C=O.[C-]#[N+]CC(=O)c1cc2cc[nH]c2cc1F.[CH2-]CCC.[Li+]. The van der Waals surface area contributed by atoms with E-state index >= 15 is 0 Å². The number of aromatic nitrogens is 5. The third-order valence-corrected chi connectivity index (χ3v) is 51.9. The van der Waals surface area contributed by atoms with E-state index in [1.807, 2.05) is 31.2 Å². The first-order valence-electron chi connectivity index (χ1n) is 40.4. The van der Waals surface area contributed by atoms with Gasteiger partial charge in [-0.1, -0.05) is 209 Å². The number of halogens is 6. The molecule has 0 saturated heterocycles. The molecule has 0 amide bonds. The predicted octanol–water partition coefficient (Wildman–Crippen LogP) is 28.2. The molecule has 117 heavy (non-hydrogen) atoms. The average Bonchev–Trinajstić information content (AvgIpc) is 1.66. The van der Waals surface area contributed by atoms with Crippen LogP contribution in [0.3, 0.4) is 0 Å². The Balaban J connectivity index is -0.00000130. The van der Waals surface area contributed by atoms with Crippen LogP contribution in [0.4, 0.5) is 26.7 Å². The number of Topliss-reactive ketones (excluding diaryl/α,β-unsaturated/α-hetero) is 1. The second-order valence-electron chi connectivity index (χ2n) is 32.6. The number of aromatic amines is 2. The molecule has 10 rings (SSSR count). The maximum Gasteiger partial charge on any atom is 1.00 e. The van der Waals surface area contributed by atoms with Crippen LogP contribution in [0.25, 0.3) is 59.4 Å². The summed E-state index contributed by atoms with van der Waals surface area (Å²) in [6, 6.07) is 31.6. The minimum Gasteiger partial charge on any atom is -0.435 e. The van der Waals surface area contributed by atoms with Gasteiger partial charge in [0, 0.05) is 45.4 Å². The van der Waals surface area contributed by atoms with E-state index in [1.165, 1.54) is 36.1 Å². The van der Waals surface area contributed by atoms with Crippen LogP contribution in [0, 0.1) is 42.6 Å². The van der Waals surface area contributed by atoms with Crippen LogP contribution in [-0.4, -0.2) is 92.6 Å². The number of benzene rings is 5. The Hall–Kier alpha value is -6.99. The number of nitrogens with zero attached hydrogens (tertiary/aromatic N) is 4. The van der Waals surface area contributed by atoms with E-state index in [2.05, 4.69) is 254 Å². The molecule has 5 heterocycles. The van der Waals surface area contributed by atoms with Crippen LogP contribution in [-0.2, 0) is 25.5 Å². The van der Waals surface area contributed by atoms with Crippen LogP contribution < -0.4 is 18.9 Å². The molecule has 0 aliphatic heterocycles. The van der Waals surface area contributed by atoms with Crippen molar-refractivity contribution >= 4 is 116 Å². The Labute approximate surface area is 723 Å². The fourth-order valence-corrected chi connectivity index (χ4v) is 41.8. The van der Waals surface area contributed by atoms with Crippen molar-refractivity contribution in [2.45, 2.75) is 302 Å². The monoisotopic (exact) mass is 1710 g/mol. The van der Waals surface area contributed by atoms with Crippen molar-refractivity contribution < 1.29 is 69.5 Å². The van der Waals surface area contributed by atoms with Gasteiger partial charge in [0.2, 0.25) is 5.78 Å². The van der Waals surface area contributed by atoms with Gasteiger partial charge in [0.25, 0.3) is 6.54 Å². The molecule has 0 fully saturated rings. The molecule has 5 aromatic carbocycles. The first-order valence-corrected chi connectivity index (χ1v) is 50.2. The topological polar surface area (TPSA) is 137 Å². The Morgan fingerprint density at radius 3 is 1.08 bits per heavy atom. The number of carbonyl (C=O) groups excluding carboxylic acids is 4. The zero-order chi connectivity index (χ0) is 86.4. The van der Waals surface area contributed by atoms with Gasteiger partial charge in [-0.3, -0.25) is 4.79 Å². The quantitative estimate of drug-likeness (QED) is 0.0184. The fourth-order valence-electron chi connectivity index (χ4n) is 17.9. The van der Waals surface area contributed by atoms with E-state index in [1.54, 1.807) is 68.7 Å². The van der Waals surface area contributed by atoms with E-state index in [0.29, 0.717) is 85.2 Å². The van der Waals surface area contributed by atoms with Crippen molar-refractivity contribution in [2.24, 2.45) is 0 Å². The summed E-state index contributed by atoms with van der Waals surface area (Å²) in [7, 11) is -6.90. The number of rotatable bonds is 21. The maximum atomic E-state index is 14.4. The third-order valence-electron chi connectivity index (χ3n) is 22.3. The summed E-state index contributed by atoms with van der Waals surface area (Å²) in [6.07, 6.45) is 12.8. The molecule has 12 nitrogen and oxygen atoms in total. The van der Waals surface area contributed by atoms with Crippen LogP contribution >= 0.6 is 11.1 Å². The van der Waals surface area contributed by atoms with Crippen molar-refractivity contribution in [2.75, 3.05) is 19.8 Å². The molecule has 5 aromatic heterocycles. The molecule has 0 atom stereocenters. The maximum absolute atomic E-state index is 14.4. The summed E-state index contributed by atoms with van der Waals surface area (Å²) < 4.78 is 83.9. The summed E-state index contributed by atoms with van der Waals surface area (Å²) in [4.78, 5) is 46.5. The van der Waals surface area contributed by atoms with Crippen LogP contribution in [0.15, 0.2) is 140 Å². The molecule has 23 heteroatoms. The van der Waals surface area contributed by atoms with Gasteiger partial charge in [-0.15, -0.1) is 0 Å². The molecule has 0 unspecified atom stereocenters. The number of hydrogen-bond donors (Lipinski definition) is 2. The van der Waals surface area contributed by atoms with E-state index in [9.17, 15) is 31.5 Å². The first-order chi connectivity index (χ1) is 52.9. The number of carbonyl (C=O) groups is 2. The van der Waals surface area contributed by atoms with Gasteiger partial charge in [0.15, 0.2) is 32.1 Å². The van der Waals surface area contributed by atoms with E-state index in [4.69, 9.17) is 27.2 Å². The molecule has 648 valence electrons. The second kappa shape index (κ2) is 53.6. The Kier molecular flexibility index (Phi) is 52.3. The number of fused-ring (bicyclic) bond motifs is 5. The molecular formula is C94H147ClF5LiN6O6Si4. The van der Waals surface area contributed by atoms with Crippen molar-refractivity contribution in [3.63, 3.8) is 0 Å². The molecule has 2 N–H and O–H groups in total. The van der Waals surface area contributed by atoms with Crippen molar-refractivity contribution in [1.82, 2.24) is 22.7 Å². The summed E-state index contributed by atoms with van der Waals surface area (Å²) in [6.45, 7) is 73.8. The Bertz CT molecular complexity index is 4400. The summed E-state index contributed by atoms with van der Waals surface area (Å²) in [5.74, 6) is -1.61. The van der Waals surface area contributed by atoms with Crippen molar-refractivity contribution in [1.29, 1.82) is 0 Å². The summed E-state index contributed by atoms with van der Waals surface area (Å²) in [5.41, 5.74) is 13.1. The Morgan fingerprint density at radius 1 is 0.453 bits per heavy atom. The van der Waals surface area contributed by atoms with E-state index in [-0.39, 0.29) is 82.7 Å². The Morgan fingerprint density at radius 2 is 0.769 bits per heavy atom. The van der Waals surface area contributed by atoms with Crippen LogP contribution in [0.5, 0.6) is 0 Å². The molecule has 0 saturated carbocycles. The third kappa shape index (κ3) is 28.6. The zero-order valence-electron chi connectivity index (χ0n) is 74.2. The number of aryl methyl sites for hydroxylation is 1. The standard InChI is InChI=1S/C19H30FNSi.2C17H26FNSi.C11H7FN2O.C9H21ClSi.C8H6FN.C5H10O3.C4H9.CO2.3CH4.Li/c1-8-16-11-17-9-10-21(19(17)12-18(16)20)22(13(2)3,14(4)5)15(6)7;2*1-12(2)20(13(3)4,14(5)6)19-10-9-15-7-8-16(18)11-17(15)19;1-13-6-11(15)8-4-7-2-3-14-10(7)5-9(8)12;1-7(2)11(10,8(3)4)9(5)6;9-7-2-1-6-3-4-10-8(6)5-7;1-3-7-5(6)8-4-2;1-3-4-2;2-1-3;;;;/h9-15H,8H2,1-7H3;2*7-14H,1-6H3;2-5,14H,6H2;7-9H,1-6H3;1-5,10H;3-4H2,1-2H3;1,3-4H2,2H3;;3*1H4;/q;;;;;;;-1;;;;;+1. The molecule has 0 aliphatic carbocycles. The number of ether oxygens (including phenoxy) is 2. The molecule has 0 radical (unpaired) electrons. The largest absolute Gasteiger partial charge is 1.00 e. The zero-order valence-corrected chi connectivity index (χ0v) is 78.9. The average molecular weight is 1710 g/mol. The van der Waals surface area contributed by atoms with Gasteiger partial charge < -0.3 is 43.9 Å². The molecule has 0 spiro atoms. The number of unbranched alkanes of at least 4 members (excludes halogenated alkanes) is 1. The predicted molar refractivity (Wildman–Crippen MR) is 498 cm³/mol. The minimum atomic E-state index is -1.82. The summed E-state index contributed by atoms with van der Waals surface area (Å²) >= 11 is 6.68. The number of hydrogen-bond acceptors (Lipinski definition) is 6. The van der Waals surface area contributed by atoms with Gasteiger partial charge in [0.1, 0.15) is 29.1 Å². The van der Waals surface area contributed by atoms with Crippen molar-refractivity contribution in [3.05, 3.63) is 199 Å². The number of nitrogens with one attached hydrogen (secondary N) is 2. The van der Waals surface area contributed by atoms with Gasteiger partial charge in [-0.2, -0.15) is 27.1 Å². The van der Waals surface area contributed by atoms with Crippen LogP contribution in [0.2, 0.25) is 66.5 Å². The van der Waals surface area contributed by atoms with E-state index < -0.39 is 49.8 Å². The fraction of sp³-hybridized carbons (Fsp3) is 0.521. The van der Waals surface area contributed by atoms with E-state index in [0.717, 1.165) is 62.0 Å². The normalized spacial score (nSPS) is 11.3. The van der Waals surface area contributed by atoms with Gasteiger partial charge in [0.05, 0.1) is 18.8 Å². The summed E-state index contributed by atoms with van der Waals surface area (Å²) in [5, 5.41) is 5.28. The van der Waals surface area contributed by atoms with Crippen LogP contribution in [0.1, 0.15) is 245 Å². The molecule has 10 aromatic rings. The molecule has 0 aliphatic rings. The number of ketones is 1. The van der Waals surface area contributed by atoms with Gasteiger partial charge >= 0.3 is 31.2 Å². The number of H-pyrrole nitrogens is 2. The van der Waals surface area contributed by atoms with Gasteiger partial charge in [-0.05, 0) is 242 Å². The second-order valence-corrected chi connectivity index (χ2v) is 56.8.